The standard InChI is InChI=1S/C38H22O5/c39-37-25-5-1-23(2-6-25)24-3-7-26(8-4-24)38(40)28-11-15-30(16-12-28)42-32-18-20-36-34(22-32)33-21-31(17-19-35(33)43-36)41-29-13-9-27(37)10-14-29/h1-22H. The summed E-state index contributed by atoms with van der Waals surface area (Å²) in [5.41, 5.74) is 3.85. The van der Waals surface area contributed by atoms with Crippen molar-refractivity contribution in [3.63, 3.8) is 0 Å². The quantitative estimate of drug-likeness (QED) is 0.185. The van der Waals surface area contributed by atoms with Gasteiger partial charge in [-0.3, -0.25) is 9.59 Å². The minimum Gasteiger partial charge on any atom is -0.457 e. The van der Waals surface area contributed by atoms with Gasteiger partial charge in [0.1, 0.15) is 33.5 Å². The fourth-order valence-electron chi connectivity index (χ4n) is 5.44. The van der Waals surface area contributed by atoms with Gasteiger partial charge < -0.3 is 13.3 Å². The fourth-order valence-corrected chi connectivity index (χ4v) is 5.44. The summed E-state index contributed by atoms with van der Waals surface area (Å²) in [5.74, 6) is 0. The Morgan fingerprint density at radius 1 is 0.302 bits per heavy atom. The van der Waals surface area contributed by atoms with Crippen LogP contribution in [0.15, 0.2) is 156 Å². The van der Waals surface area contributed by atoms with Crippen molar-refractivity contribution in [3.05, 3.63) is 154 Å². The minimum atomic E-state index is -0.0733. The van der Waals surface area contributed by atoms with Crippen LogP contribution < -0.4 is 10.9 Å². The lowest BCUT2D eigenvalue weighted by Crippen LogP contribution is -1.97. The summed E-state index contributed by atoms with van der Waals surface area (Å²) in [7, 11) is 0. The molecule has 0 aliphatic heterocycles. The Morgan fingerprint density at radius 3 is 0.977 bits per heavy atom. The molecule has 0 atom stereocenters. The van der Waals surface area contributed by atoms with Crippen LogP contribution in [0.25, 0.3) is 76.6 Å². The lowest BCUT2D eigenvalue weighted by Gasteiger charge is -1.96. The monoisotopic (exact) mass is 558 g/mol. The normalized spacial score (nSPS) is 11.4. The molecule has 43 heavy (non-hydrogen) atoms. The van der Waals surface area contributed by atoms with Crippen molar-refractivity contribution in [2.75, 3.05) is 0 Å². The summed E-state index contributed by atoms with van der Waals surface area (Å²) < 4.78 is 18.3. The maximum atomic E-state index is 13.2. The first-order chi connectivity index (χ1) is 21.1. The zero-order valence-corrected chi connectivity index (χ0v) is 22.7. The van der Waals surface area contributed by atoms with Crippen LogP contribution in [0.3, 0.4) is 0 Å². The molecular formula is C38H22O5. The molecule has 7 heterocycles. The molecule has 0 N–H and O–H groups in total. The molecule has 0 aliphatic rings. The van der Waals surface area contributed by atoms with Gasteiger partial charge in [-0.2, -0.15) is 0 Å². The maximum absolute atomic E-state index is 13.2. The molecule has 13 rings (SSSR count). The molecule has 0 amide bonds. The highest BCUT2D eigenvalue weighted by atomic mass is 16.3. The van der Waals surface area contributed by atoms with Gasteiger partial charge in [-0.05, 0) is 95.7 Å². The summed E-state index contributed by atoms with van der Waals surface area (Å²) in [5, 5.41) is 6.02. The third kappa shape index (κ3) is 4.53. The topological polar surface area (TPSA) is 73.6 Å². The van der Waals surface area contributed by atoms with E-state index in [1.807, 2.05) is 84.9 Å². The molecule has 5 nitrogen and oxygen atoms in total. The van der Waals surface area contributed by atoms with Gasteiger partial charge in [0.05, 0.1) is 0 Å². The van der Waals surface area contributed by atoms with Gasteiger partial charge >= 0.3 is 0 Å². The average Bonchev–Trinajstić information content (AvgIpc) is 3.42. The van der Waals surface area contributed by atoms with Crippen molar-refractivity contribution < 1.29 is 13.3 Å². The predicted octanol–water partition coefficient (Wildman–Crippen LogP) is 9.51. The second-order valence-corrected chi connectivity index (χ2v) is 10.5. The molecule has 12 bridgehead atoms. The zero-order valence-electron chi connectivity index (χ0n) is 22.7. The lowest BCUT2D eigenvalue weighted by molar-refractivity contribution is 0.651. The Balaban J connectivity index is 1.42. The molecule has 0 spiro atoms. The Bertz CT molecular complexity index is 2410. The number of benzene rings is 6. The number of hydrogen-bond donors (Lipinski definition) is 0. The highest BCUT2D eigenvalue weighted by molar-refractivity contribution is 6.07. The van der Waals surface area contributed by atoms with Crippen LogP contribution in [0.5, 0.6) is 0 Å². The van der Waals surface area contributed by atoms with Gasteiger partial charge in [0, 0.05) is 32.3 Å². The Labute approximate surface area is 243 Å². The van der Waals surface area contributed by atoms with Gasteiger partial charge in [0.25, 0.3) is 0 Å². The molecule has 13 aromatic rings. The van der Waals surface area contributed by atoms with Crippen LogP contribution in [-0.4, -0.2) is 0 Å². The van der Waals surface area contributed by atoms with E-state index in [0.29, 0.717) is 43.9 Å². The van der Waals surface area contributed by atoms with Crippen molar-refractivity contribution >= 4 is 76.6 Å². The molecule has 0 saturated carbocycles. The number of rotatable bonds is 0. The third-order valence-corrected chi connectivity index (χ3v) is 7.74. The van der Waals surface area contributed by atoms with Crippen LogP contribution in [0.1, 0.15) is 0 Å². The van der Waals surface area contributed by atoms with Crippen LogP contribution in [0.2, 0.25) is 0 Å². The van der Waals surface area contributed by atoms with E-state index in [1.54, 1.807) is 48.5 Å². The van der Waals surface area contributed by atoms with E-state index in [-0.39, 0.29) is 10.9 Å². The van der Waals surface area contributed by atoms with Gasteiger partial charge in [-0.25, -0.2) is 0 Å². The van der Waals surface area contributed by atoms with Crippen molar-refractivity contribution in [2.24, 2.45) is 0 Å². The largest absolute Gasteiger partial charge is 0.457 e. The fraction of sp³-hybridized carbons (Fsp3) is 0. The van der Waals surface area contributed by atoms with Crippen molar-refractivity contribution in [2.45, 2.75) is 0 Å². The summed E-state index contributed by atoms with van der Waals surface area (Å²) >= 11 is 0. The van der Waals surface area contributed by atoms with E-state index in [2.05, 4.69) is 0 Å². The Morgan fingerprint density at radius 2 is 0.605 bits per heavy atom. The molecule has 0 unspecified atom stereocenters. The minimum absolute atomic E-state index is 0.0733. The van der Waals surface area contributed by atoms with Crippen molar-refractivity contribution in [3.8, 4) is 0 Å². The summed E-state index contributed by atoms with van der Waals surface area (Å²) in [6.07, 6.45) is 0. The molecule has 0 fully saturated rings. The van der Waals surface area contributed by atoms with Crippen molar-refractivity contribution in [1.82, 2.24) is 0 Å². The Hall–Kier alpha value is -5.94. The second kappa shape index (κ2) is 9.86. The molecule has 0 aliphatic carbocycles. The summed E-state index contributed by atoms with van der Waals surface area (Å²) in [6.45, 7) is 0. The summed E-state index contributed by atoms with van der Waals surface area (Å²) in [6, 6.07) is 40.6. The molecule has 5 heteroatoms. The van der Waals surface area contributed by atoms with E-state index < -0.39 is 0 Å². The third-order valence-electron chi connectivity index (χ3n) is 7.74. The predicted molar refractivity (Wildman–Crippen MR) is 174 cm³/mol. The number of hydrogen-bond acceptors (Lipinski definition) is 5. The van der Waals surface area contributed by atoms with Gasteiger partial charge in [0.2, 0.25) is 0 Å². The average molecular weight is 559 g/mol. The first-order valence-electron chi connectivity index (χ1n) is 13.9. The maximum Gasteiger partial charge on any atom is 0.193 e. The number of fused-ring (bicyclic) bond motifs is 2. The molecule has 7 aromatic heterocycles. The molecule has 6 aromatic carbocycles. The van der Waals surface area contributed by atoms with E-state index in [1.165, 1.54) is 0 Å². The van der Waals surface area contributed by atoms with Crippen LogP contribution in [0, 0.1) is 0 Å². The smallest absolute Gasteiger partial charge is 0.193 e. The molecular weight excluding hydrogens is 536 g/mol. The lowest BCUT2D eigenvalue weighted by atomic mass is 10.1. The van der Waals surface area contributed by atoms with Crippen molar-refractivity contribution in [1.29, 1.82) is 0 Å². The van der Waals surface area contributed by atoms with Crippen LogP contribution in [0.4, 0.5) is 0 Å². The van der Waals surface area contributed by atoms with E-state index in [4.69, 9.17) is 13.3 Å². The molecule has 0 radical (unpaired) electrons. The van der Waals surface area contributed by atoms with Crippen LogP contribution in [-0.2, 0) is 0 Å². The van der Waals surface area contributed by atoms with Gasteiger partial charge in [-0.15, -0.1) is 0 Å². The van der Waals surface area contributed by atoms with E-state index >= 15 is 0 Å². The first kappa shape index (κ1) is 24.8. The highest BCUT2D eigenvalue weighted by Gasteiger charge is 2.08. The van der Waals surface area contributed by atoms with E-state index in [0.717, 1.165) is 32.7 Å². The summed E-state index contributed by atoms with van der Waals surface area (Å²) in [4.78, 5) is 26.4. The second-order valence-electron chi connectivity index (χ2n) is 10.5. The highest BCUT2D eigenvalue weighted by Crippen LogP contribution is 2.31. The molecule has 204 valence electrons. The van der Waals surface area contributed by atoms with E-state index in [9.17, 15) is 9.59 Å². The number of furan rings is 1. The SMILES string of the molecule is O=c1c2ccc(cc2)oc2ccc3oc4ccc(cc4c3c2)oc2ccc(cc2)c(=O)c2ccc(cc2)c2ccc1cc2. The molecule has 0 saturated heterocycles. The first-order valence-corrected chi connectivity index (χ1v) is 13.9. The van der Waals surface area contributed by atoms with Gasteiger partial charge in [0.15, 0.2) is 10.9 Å². The van der Waals surface area contributed by atoms with Gasteiger partial charge in [-0.1, -0.05) is 48.5 Å². The van der Waals surface area contributed by atoms with Crippen LogP contribution >= 0.6 is 0 Å². The Kier molecular flexibility index (Phi) is 5.69. The zero-order chi connectivity index (χ0) is 28.9.